The van der Waals surface area contributed by atoms with Crippen LogP contribution in [0.5, 0.6) is 0 Å². The summed E-state index contributed by atoms with van der Waals surface area (Å²) in [6.07, 6.45) is 4.43. The molecule has 8 heteroatoms. The molecule has 25 heavy (non-hydrogen) atoms. The van der Waals surface area contributed by atoms with Gasteiger partial charge < -0.3 is 4.57 Å². The van der Waals surface area contributed by atoms with Gasteiger partial charge in [0.05, 0.1) is 12.4 Å². The number of nitrogens with one attached hydrogen (secondary N) is 1. The molecule has 0 spiro atoms. The fourth-order valence-corrected chi connectivity index (χ4v) is 3.14. The first-order chi connectivity index (χ1) is 11.9. The summed E-state index contributed by atoms with van der Waals surface area (Å²) in [5.41, 5.74) is 3.28. The molecule has 132 valence electrons. The Hall–Kier alpha value is -2.48. The molecule has 0 amide bonds. The van der Waals surface area contributed by atoms with Crippen LogP contribution >= 0.6 is 12.2 Å². The first kappa shape index (κ1) is 17.3. The van der Waals surface area contributed by atoms with E-state index in [9.17, 15) is 0 Å². The van der Waals surface area contributed by atoms with E-state index >= 15 is 0 Å². The zero-order chi connectivity index (χ0) is 18.1. The molecule has 0 aliphatic carbocycles. The Morgan fingerprint density at radius 3 is 2.80 bits per heavy atom. The Morgan fingerprint density at radius 1 is 1.36 bits per heavy atom. The highest BCUT2D eigenvalue weighted by atomic mass is 32.1. The smallest absolute Gasteiger partial charge is 0.216 e. The Bertz CT molecular complexity index is 968. The van der Waals surface area contributed by atoms with Gasteiger partial charge in [-0.15, -0.1) is 0 Å². The third-order valence-corrected chi connectivity index (χ3v) is 4.45. The highest BCUT2D eigenvalue weighted by Gasteiger charge is 2.14. The second-order valence-corrected chi connectivity index (χ2v) is 6.63. The summed E-state index contributed by atoms with van der Waals surface area (Å²) in [7, 11) is 0. The van der Waals surface area contributed by atoms with Gasteiger partial charge in [-0.1, -0.05) is 6.92 Å². The SMILES string of the molecule is CCc1n[nH]c(=S)n1/N=C\c1cc(C)n(-c2ccnn2C(C)C)c1C. The molecule has 0 aliphatic rings. The summed E-state index contributed by atoms with van der Waals surface area (Å²) in [5, 5.41) is 15.9. The monoisotopic (exact) mass is 357 g/mol. The van der Waals surface area contributed by atoms with Crippen molar-refractivity contribution >= 4 is 18.4 Å². The molecule has 3 aromatic heterocycles. The summed E-state index contributed by atoms with van der Waals surface area (Å²) in [4.78, 5) is 0. The lowest BCUT2D eigenvalue weighted by Gasteiger charge is -2.14. The summed E-state index contributed by atoms with van der Waals surface area (Å²) < 4.78 is 6.38. The van der Waals surface area contributed by atoms with Crippen molar-refractivity contribution in [3.05, 3.63) is 45.9 Å². The number of H-pyrrole nitrogens is 1. The highest BCUT2D eigenvalue weighted by molar-refractivity contribution is 7.71. The van der Waals surface area contributed by atoms with Gasteiger partial charge in [0.15, 0.2) is 5.82 Å². The first-order valence-corrected chi connectivity index (χ1v) is 8.78. The third kappa shape index (κ3) is 3.09. The lowest BCUT2D eigenvalue weighted by atomic mass is 10.3. The second-order valence-electron chi connectivity index (χ2n) is 6.24. The Labute approximate surface area is 152 Å². The maximum atomic E-state index is 5.24. The zero-order valence-electron chi connectivity index (χ0n) is 15.2. The van der Waals surface area contributed by atoms with Crippen LogP contribution in [0.4, 0.5) is 0 Å². The van der Waals surface area contributed by atoms with Gasteiger partial charge in [0.2, 0.25) is 4.77 Å². The van der Waals surface area contributed by atoms with Crippen molar-refractivity contribution in [2.45, 2.75) is 47.1 Å². The van der Waals surface area contributed by atoms with Crippen LogP contribution in [0.25, 0.3) is 5.82 Å². The third-order valence-electron chi connectivity index (χ3n) is 4.18. The van der Waals surface area contributed by atoms with Gasteiger partial charge in [-0.05, 0) is 46.0 Å². The fraction of sp³-hybridized carbons (Fsp3) is 0.412. The van der Waals surface area contributed by atoms with E-state index in [-0.39, 0.29) is 0 Å². The van der Waals surface area contributed by atoms with Gasteiger partial charge in [0, 0.05) is 35.5 Å². The van der Waals surface area contributed by atoms with Crippen LogP contribution in [0.15, 0.2) is 23.4 Å². The predicted octanol–water partition coefficient (Wildman–Crippen LogP) is 3.57. The molecule has 0 aliphatic heterocycles. The molecule has 0 fully saturated rings. The van der Waals surface area contributed by atoms with E-state index in [1.54, 1.807) is 4.68 Å². The van der Waals surface area contributed by atoms with Gasteiger partial charge in [0.25, 0.3) is 0 Å². The molecule has 0 saturated carbocycles. The van der Waals surface area contributed by atoms with Crippen molar-refractivity contribution in [2.75, 3.05) is 0 Å². The van der Waals surface area contributed by atoms with E-state index in [1.165, 1.54) is 0 Å². The van der Waals surface area contributed by atoms with Gasteiger partial charge in [0.1, 0.15) is 5.82 Å². The van der Waals surface area contributed by atoms with Crippen molar-refractivity contribution < 1.29 is 0 Å². The molecule has 0 aromatic carbocycles. The Balaban J connectivity index is 2.03. The van der Waals surface area contributed by atoms with Gasteiger partial charge in [-0.2, -0.15) is 20.0 Å². The summed E-state index contributed by atoms with van der Waals surface area (Å²) in [6.45, 7) is 10.4. The van der Waals surface area contributed by atoms with Gasteiger partial charge in [-0.3, -0.25) is 5.10 Å². The van der Waals surface area contributed by atoms with Crippen LogP contribution in [0, 0.1) is 18.6 Å². The van der Waals surface area contributed by atoms with Crippen molar-refractivity contribution in [3.63, 3.8) is 0 Å². The summed E-state index contributed by atoms with van der Waals surface area (Å²) in [5.74, 6) is 1.87. The number of nitrogens with zero attached hydrogens (tertiary/aromatic N) is 6. The van der Waals surface area contributed by atoms with Crippen LogP contribution < -0.4 is 0 Å². The minimum absolute atomic E-state index is 0.291. The van der Waals surface area contributed by atoms with Crippen LogP contribution in [-0.4, -0.2) is 35.4 Å². The first-order valence-electron chi connectivity index (χ1n) is 8.37. The number of hydrogen-bond donors (Lipinski definition) is 1. The highest BCUT2D eigenvalue weighted by Crippen LogP contribution is 2.21. The van der Waals surface area contributed by atoms with E-state index in [2.05, 4.69) is 58.7 Å². The molecular formula is C17H23N7S. The van der Waals surface area contributed by atoms with Crippen molar-refractivity contribution in [1.82, 2.24) is 29.2 Å². The fourth-order valence-electron chi connectivity index (χ4n) is 2.95. The van der Waals surface area contributed by atoms with E-state index in [4.69, 9.17) is 12.2 Å². The van der Waals surface area contributed by atoms with Crippen LogP contribution in [0.2, 0.25) is 0 Å². The van der Waals surface area contributed by atoms with E-state index < -0.39 is 0 Å². The second kappa shape index (κ2) is 6.79. The lowest BCUT2D eigenvalue weighted by Crippen LogP contribution is -2.11. The summed E-state index contributed by atoms with van der Waals surface area (Å²) >= 11 is 5.24. The minimum Gasteiger partial charge on any atom is -0.303 e. The predicted molar refractivity (Wildman–Crippen MR) is 101 cm³/mol. The lowest BCUT2D eigenvalue weighted by molar-refractivity contribution is 0.519. The Morgan fingerprint density at radius 2 is 2.12 bits per heavy atom. The molecule has 3 heterocycles. The average Bonchev–Trinajstić information content (AvgIpc) is 3.24. The number of aryl methyl sites for hydroxylation is 2. The molecule has 3 aromatic rings. The maximum absolute atomic E-state index is 5.24. The Kier molecular flexibility index (Phi) is 4.71. The molecule has 0 bridgehead atoms. The number of hydrogen-bond acceptors (Lipinski definition) is 4. The normalized spacial score (nSPS) is 11.9. The topological polar surface area (TPSA) is 68.7 Å². The van der Waals surface area contributed by atoms with Gasteiger partial charge >= 0.3 is 0 Å². The number of aromatic amines is 1. The standard InChI is InChI=1S/C17H23N7S/c1-6-15-20-21-17(25)24(15)19-10-14-9-12(4)22(13(14)5)16-7-8-18-23(16)11(2)3/h7-11H,6H2,1-5H3,(H,21,25)/b19-10-. The molecule has 7 nitrogen and oxygen atoms in total. The largest absolute Gasteiger partial charge is 0.303 e. The van der Waals surface area contributed by atoms with E-state index in [0.29, 0.717) is 10.8 Å². The molecule has 0 unspecified atom stereocenters. The molecule has 0 atom stereocenters. The molecular weight excluding hydrogens is 334 g/mol. The number of aromatic nitrogens is 6. The quantitative estimate of drug-likeness (QED) is 0.561. The minimum atomic E-state index is 0.291. The molecule has 1 N–H and O–H groups in total. The number of rotatable bonds is 5. The average molecular weight is 357 g/mol. The van der Waals surface area contributed by atoms with Gasteiger partial charge in [-0.25, -0.2) is 4.68 Å². The molecule has 0 saturated heterocycles. The van der Waals surface area contributed by atoms with Crippen LogP contribution in [0.3, 0.4) is 0 Å². The van der Waals surface area contributed by atoms with E-state index in [0.717, 1.165) is 35.0 Å². The summed E-state index contributed by atoms with van der Waals surface area (Å²) in [6, 6.07) is 4.44. The molecule has 3 rings (SSSR count). The maximum Gasteiger partial charge on any atom is 0.216 e. The van der Waals surface area contributed by atoms with Crippen molar-refractivity contribution in [3.8, 4) is 5.82 Å². The molecule has 0 radical (unpaired) electrons. The van der Waals surface area contributed by atoms with E-state index in [1.807, 2.05) is 30.1 Å². The van der Waals surface area contributed by atoms with Crippen LogP contribution in [-0.2, 0) is 6.42 Å². The van der Waals surface area contributed by atoms with Crippen molar-refractivity contribution in [2.24, 2.45) is 5.10 Å². The van der Waals surface area contributed by atoms with Crippen LogP contribution in [0.1, 0.15) is 49.6 Å². The zero-order valence-corrected chi connectivity index (χ0v) is 16.0. The van der Waals surface area contributed by atoms with Crippen molar-refractivity contribution in [1.29, 1.82) is 0 Å².